The van der Waals surface area contributed by atoms with Gasteiger partial charge in [-0.25, -0.2) is 0 Å². The van der Waals surface area contributed by atoms with Crippen LogP contribution >= 0.6 is 22.6 Å². The number of anilines is 1. The number of aliphatic hydroxyl groups excluding tert-OH is 1. The number of benzene rings is 1. The van der Waals surface area contributed by atoms with Gasteiger partial charge in [0, 0.05) is 20.3 Å². The smallest absolute Gasteiger partial charge is 0.276 e. The van der Waals surface area contributed by atoms with Crippen molar-refractivity contribution in [2.75, 3.05) is 5.32 Å². The second-order valence-corrected chi connectivity index (χ2v) is 12.5. The van der Waals surface area contributed by atoms with E-state index >= 15 is 0 Å². The summed E-state index contributed by atoms with van der Waals surface area (Å²) in [6, 6.07) is 5.94. The molecule has 1 amide bonds. The van der Waals surface area contributed by atoms with Crippen molar-refractivity contribution in [3.63, 3.8) is 0 Å². The molecule has 0 spiro atoms. The Morgan fingerprint density at radius 3 is 2.73 bits per heavy atom. The molecule has 0 saturated heterocycles. The minimum atomic E-state index is -0.155. The minimum Gasteiger partial charge on any atom is -0.393 e. The molecule has 1 aromatic carbocycles. The van der Waals surface area contributed by atoms with E-state index in [1.54, 1.807) is 0 Å². The van der Waals surface area contributed by atoms with Gasteiger partial charge in [-0.05, 0) is 115 Å². The predicted octanol–water partition coefficient (Wildman–Crippen LogP) is 5.71. The zero-order valence-corrected chi connectivity index (χ0v) is 21.6. The lowest BCUT2D eigenvalue weighted by Crippen LogP contribution is -2.50. The van der Waals surface area contributed by atoms with Crippen molar-refractivity contribution >= 4 is 45.6 Å². The molecule has 3 saturated carbocycles. The molecule has 1 aliphatic heterocycles. The minimum absolute atomic E-state index is 0.0735. The van der Waals surface area contributed by atoms with E-state index < -0.39 is 0 Å². The lowest BCUT2D eigenvalue weighted by atomic mass is 9.48. The Hall–Kier alpha value is -1.54. The number of nitrogens with zero attached hydrogens (tertiary/aromatic N) is 2. The summed E-state index contributed by atoms with van der Waals surface area (Å²) in [5.74, 6) is 1.87. The zero-order chi connectivity index (χ0) is 23.0. The molecule has 5 nitrogen and oxygen atoms in total. The molecule has 1 heterocycles. The molecule has 2 N–H and O–H groups in total. The molecule has 6 heteroatoms. The van der Waals surface area contributed by atoms with Crippen LogP contribution in [0.15, 0.2) is 40.1 Å². The largest absolute Gasteiger partial charge is 0.393 e. The number of amides is 1. The predicted molar refractivity (Wildman–Crippen MR) is 139 cm³/mol. The summed E-state index contributed by atoms with van der Waals surface area (Å²) >= 11 is 2.27. The van der Waals surface area contributed by atoms with Gasteiger partial charge in [0.1, 0.15) is 0 Å². The highest BCUT2D eigenvalue weighted by Crippen LogP contribution is 2.64. The fraction of sp³-hybridized carbons (Fsp3) is 0.593. The first kappa shape index (κ1) is 22.0. The van der Waals surface area contributed by atoms with Gasteiger partial charge in [0.15, 0.2) is 5.71 Å². The van der Waals surface area contributed by atoms with Crippen molar-refractivity contribution in [1.29, 1.82) is 0 Å². The van der Waals surface area contributed by atoms with Gasteiger partial charge in [-0.15, -0.1) is 5.10 Å². The molecular formula is C27H32IN3O2. The van der Waals surface area contributed by atoms with Gasteiger partial charge in [0.05, 0.1) is 11.8 Å². The molecule has 5 aliphatic rings. The van der Waals surface area contributed by atoms with Crippen LogP contribution in [0.3, 0.4) is 0 Å². The first-order valence-electron chi connectivity index (χ1n) is 12.4. The number of carbonyl (C=O) groups excluding carboxylic acids is 1. The lowest BCUT2D eigenvalue weighted by Gasteiger charge is -2.57. The number of allylic oxidation sites excluding steroid dienone is 1. The monoisotopic (exact) mass is 557 g/mol. The van der Waals surface area contributed by atoms with E-state index in [1.165, 1.54) is 24.1 Å². The number of rotatable bonds is 1. The van der Waals surface area contributed by atoms with Crippen molar-refractivity contribution in [3.05, 3.63) is 39.0 Å². The Morgan fingerprint density at radius 2 is 1.88 bits per heavy atom. The van der Waals surface area contributed by atoms with Crippen molar-refractivity contribution in [1.82, 2.24) is 0 Å². The Kier molecular flexibility index (Phi) is 5.15. The fourth-order valence-corrected chi connectivity index (χ4v) is 8.42. The van der Waals surface area contributed by atoms with E-state index in [-0.39, 0.29) is 22.8 Å². The van der Waals surface area contributed by atoms with Gasteiger partial charge in [0.2, 0.25) is 0 Å². The van der Waals surface area contributed by atoms with E-state index in [0.29, 0.717) is 23.5 Å². The maximum atomic E-state index is 12.6. The molecule has 0 radical (unpaired) electrons. The van der Waals surface area contributed by atoms with Crippen LogP contribution in [-0.4, -0.2) is 28.5 Å². The molecular weight excluding hydrogens is 525 g/mol. The van der Waals surface area contributed by atoms with Crippen LogP contribution in [-0.2, 0) is 4.79 Å². The number of halogens is 1. The van der Waals surface area contributed by atoms with E-state index in [2.05, 4.69) is 52.9 Å². The van der Waals surface area contributed by atoms with Crippen molar-refractivity contribution in [2.24, 2.45) is 38.8 Å². The van der Waals surface area contributed by atoms with Gasteiger partial charge in [-0.3, -0.25) is 4.79 Å². The van der Waals surface area contributed by atoms with Gasteiger partial charge >= 0.3 is 0 Å². The third-order valence-corrected chi connectivity index (χ3v) is 10.5. The van der Waals surface area contributed by atoms with Crippen molar-refractivity contribution in [3.8, 4) is 0 Å². The maximum absolute atomic E-state index is 12.6. The lowest BCUT2D eigenvalue weighted by molar-refractivity contribution is -0.110. The van der Waals surface area contributed by atoms with Crippen LogP contribution < -0.4 is 5.32 Å². The quantitative estimate of drug-likeness (QED) is 0.264. The Morgan fingerprint density at radius 1 is 1.09 bits per heavy atom. The highest BCUT2D eigenvalue weighted by atomic mass is 127. The molecule has 0 aromatic heterocycles. The first-order valence-corrected chi connectivity index (χ1v) is 13.5. The average molecular weight is 557 g/mol. The van der Waals surface area contributed by atoms with E-state index in [9.17, 15) is 9.90 Å². The second kappa shape index (κ2) is 7.74. The highest BCUT2D eigenvalue weighted by molar-refractivity contribution is 14.1. The summed E-state index contributed by atoms with van der Waals surface area (Å²) < 4.78 is 1.09. The van der Waals surface area contributed by atoms with Crippen molar-refractivity contribution in [2.45, 2.75) is 71.3 Å². The van der Waals surface area contributed by atoms with E-state index in [1.807, 2.05) is 18.2 Å². The average Bonchev–Trinajstić information content (AvgIpc) is 3.28. The number of nitrogens with one attached hydrogen (secondary N) is 1. The topological polar surface area (TPSA) is 74.0 Å². The molecule has 3 fully saturated rings. The van der Waals surface area contributed by atoms with Gasteiger partial charge in [-0.1, -0.05) is 25.5 Å². The van der Waals surface area contributed by atoms with Gasteiger partial charge < -0.3 is 10.4 Å². The number of fused-ring (bicyclic) bond motifs is 6. The van der Waals surface area contributed by atoms with Gasteiger partial charge in [0.25, 0.3) is 5.91 Å². The Bertz CT molecular complexity index is 1120. The van der Waals surface area contributed by atoms with Crippen LogP contribution in [0.25, 0.3) is 0 Å². The van der Waals surface area contributed by atoms with E-state index in [0.717, 1.165) is 53.3 Å². The number of hydrogen-bond acceptors (Lipinski definition) is 4. The molecule has 0 unspecified atom stereocenters. The molecule has 0 bridgehead atoms. The van der Waals surface area contributed by atoms with Crippen LogP contribution in [0, 0.1) is 32.2 Å². The SMILES string of the molecule is C[C@]12CC[C@H](O)CC1=CC[C@@H]1[C@@H]2CC[C@]2(C)/C(=N/N=C3\C(=O)Nc4ccc(I)cc43)CC[C@@H]12. The van der Waals surface area contributed by atoms with E-state index in [4.69, 9.17) is 5.10 Å². The summed E-state index contributed by atoms with van der Waals surface area (Å²) in [5, 5.41) is 22.5. The van der Waals surface area contributed by atoms with Crippen molar-refractivity contribution < 1.29 is 9.90 Å². The van der Waals surface area contributed by atoms with Crippen LogP contribution in [0.5, 0.6) is 0 Å². The third-order valence-electron chi connectivity index (χ3n) is 9.79. The Labute approximate surface area is 209 Å². The molecule has 1 aromatic rings. The van der Waals surface area contributed by atoms with Crippen LogP contribution in [0.4, 0.5) is 5.69 Å². The molecule has 6 atom stereocenters. The fourth-order valence-electron chi connectivity index (χ4n) is 7.93. The molecule has 174 valence electrons. The second-order valence-electron chi connectivity index (χ2n) is 11.3. The molecule has 6 rings (SSSR count). The zero-order valence-electron chi connectivity index (χ0n) is 19.4. The standard InChI is InChI=1S/C27H32IN3O2/c1-26-11-9-17(32)13-15(26)3-5-18-20-6-8-23(27(20,2)12-10-21(18)26)30-31-24-19-14-16(28)4-7-22(19)29-25(24)33/h3-4,7,14,17-18,20-21,32H,5-6,8-13H2,1-2H3,(H,29,31,33)/b30-23+/t17-,18-,20-,21-,26-,27-/m0/s1. The normalized spacial score (nSPS) is 41.8. The van der Waals surface area contributed by atoms with Crippen LogP contribution in [0.1, 0.15) is 70.8 Å². The summed E-state index contributed by atoms with van der Waals surface area (Å²) in [7, 11) is 0. The summed E-state index contributed by atoms with van der Waals surface area (Å²) in [6.45, 7) is 4.87. The number of aliphatic hydroxyl groups is 1. The highest BCUT2D eigenvalue weighted by Gasteiger charge is 2.57. The first-order chi connectivity index (χ1) is 15.8. The summed E-state index contributed by atoms with van der Waals surface area (Å²) in [5.41, 5.74) is 5.16. The number of carbonyl (C=O) groups is 1. The Balaban J connectivity index is 1.30. The third kappa shape index (κ3) is 3.30. The number of hydrogen-bond donors (Lipinski definition) is 2. The molecule has 33 heavy (non-hydrogen) atoms. The molecule has 4 aliphatic carbocycles. The van der Waals surface area contributed by atoms with Gasteiger partial charge in [-0.2, -0.15) is 5.10 Å². The maximum Gasteiger partial charge on any atom is 0.276 e. The summed E-state index contributed by atoms with van der Waals surface area (Å²) in [4.78, 5) is 12.6. The van der Waals surface area contributed by atoms with Crippen LogP contribution in [0.2, 0.25) is 0 Å². The summed E-state index contributed by atoms with van der Waals surface area (Å²) in [6.07, 6.45) is 10.9.